The van der Waals surface area contributed by atoms with Gasteiger partial charge in [0.05, 0.1) is 6.54 Å². The summed E-state index contributed by atoms with van der Waals surface area (Å²) in [7, 11) is 0. The molecule has 0 aromatic heterocycles. The number of nitrogens with one attached hydrogen (secondary N) is 3. The summed E-state index contributed by atoms with van der Waals surface area (Å²) >= 11 is 0. The number of anilines is 1. The van der Waals surface area contributed by atoms with E-state index >= 15 is 0 Å². The van der Waals surface area contributed by atoms with Gasteiger partial charge in [-0.05, 0) is 43.7 Å². The maximum absolute atomic E-state index is 12.1. The zero-order chi connectivity index (χ0) is 24.0. The fraction of sp³-hybridized carbons (Fsp3) is 0.714. The lowest BCUT2D eigenvalue weighted by Crippen LogP contribution is -2.28. The molecule has 0 heterocycles. The van der Waals surface area contributed by atoms with E-state index in [0.717, 1.165) is 19.4 Å². The Morgan fingerprint density at radius 3 is 1.67 bits per heavy atom. The topological polar surface area (TPSA) is 70.2 Å². The molecule has 0 aliphatic carbocycles. The van der Waals surface area contributed by atoms with Crippen molar-refractivity contribution >= 4 is 17.5 Å². The zero-order valence-electron chi connectivity index (χ0n) is 21.4. The van der Waals surface area contributed by atoms with E-state index in [1.807, 2.05) is 6.92 Å². The number of rotatable bonds is 21. The van der Waals surface area contributed by atoms with Gasteiger partial charge in [0.15, 0.2) is 0 Å². The van der Waals surface area contributed by atoms with Gasteiger partial charge in [0.2, 0.25) is 5.91 Å². The van der Waals surface area contributed by atoms with Crippen LogP contribution in [0.3, 0.4) is 0 Å². The normalized spacial score (nSPS) is 10.8. The van der Waals surface area contributed by atoms with Crippen LogP contribution in [0.4, 0.5) is 5.69 Å². The Labute approximate surface area is 202 Å². The molecule has 0 spiro atoms. The van der Waals surface area contributed by atoms with Crippen molar-refractivity contribution in [3.63, 3.8) is 0 Å². The minimum Gasteiger partial charge on any atom is -0.352 e. The molecule has 0 radical (unpaired) electrons. The van der Waals surface area contributed by atoms with E-state index in [-0.39, 0.29) is 11.8 Å². The van der Waals surface area contributed by atoms with E-state index in [0.29, 0.717) is 24.3 Å². The van der Waals surface area contributed by atoms with Gasteiger partial charge < -0.3 is 16.0 Å². The Kier molecular flexibility index (Phi) is 18.3. The first kappa shape index (κ1) is 29.2. The van der Waals surface area contributed by atoms with Crippen molar-refractivity contribution in [2.24, 2.45) is 0 Å². The third-order valence-electron chi connectivity index (χ3n) is 5.96. The molecule has 0 aliphatic rings. The van der Waals surface area contributed by atoms with Crippen molar-refractivity contribution in [3.05, 3.63) is 29.8 Å². The molecule has 33 heavy (non-hydrogen) atoms. The van der Waals surface area contributed by atoms with Crippen molar-refractivity contribution in [2.45, 2.75) is 110 Å². The highest BCUT2D eigenvalue weighted by Gasteiger charge is 2.06. The number of amides is 2. The smallest absolute Gasteiger partial charge is 0.251 e. The van der Waals surface area contributed by atoms with Gasteiger partial charge in [-0.15, -0.1) is 0 Å². The molecule has 0 atom stereocenters. The van der Waals surface area contributed by atoms with Gasteiger partial charge in [-0.3, -0.25) is 9.59 Å². The van der Waals surface area contributed by atoms with E-state index in [2.05, 4.69) is 22.9 Å². The average Bonchev–Trinajstić information content (AvgIpc) is 2.82. The number of carbonyl (C=O) groups excluding carboxylic acids is 2. The fourth-order valence-electron chi connectivity index (χ4n) is 3.90. The Morgan fingerprint density at radius 2 is 1.15 bits per heavy atom. The molecule has 2 amide bonds. The first-order chi connectivity index (χ1) is 16.2. The molecule has 0 saturated heterocycles. The molecule has 5 heteroatoms. The highest BCUT2D eigenvalue weighted by atomic mass is 16.2. The zero-order valence-corrected chi connectivity index (χ0v) is 21.4. The molecule has 0 unspecified atom stereocenters. The van der Waals surface area contributed by atoms with Crippen LogP contribution in [0.25, 0.3) is 0 Å². The minimum absolute atomic E-state index is 0.0523. The summed E-state index contributed by atoms with van der Waals surface area (Å²) in [4.78, 5) is 24.0. The molecule has 0 aliphatic heterocycles. The van der Waals surface area contributed by atoms with Crippen LogP contribution in [0.2, 0.25) is 0 Å². The van der Waals surface area contributed by atoms with Crippen LogP contribution in [-0.2, 0) is 4.79 Å². The Balaban J connectivity index is 1.92. The predicted octanol–water partition coefficient (Wildman–Crippen LogP) is 6.84. The summed E-state index contributed by atoms with van der Waals surface area (Å²) in [6.07, 6.45) is 19.9. The Bertz CT molecular complexity index is 616. The molecule has 0 bridgehead atoms. The van der Waals surface area contributed by atoms with Crippen molar-refractivity contribution in [2.75, 3.05) is 25.0 Å². The second-order valence-electron chi connectivity index (χ2n) is 9.15. The molecule has 0 fully saturated rings. The molecule has 5 nitrogen and oxygen atoms in total. The van der Waals surface area contributed by atoms with E-state index in [1.54, 1.807) is 24.3 Å². The lowest BCUT2D eigenvalue weighted by molar-refractivity contribution is -0.115. The molecule has 1 aromatic carbocycles. The molecule has 1 rings (SSSR count). The number of benzene rings is 1. The second kappa shape index (κ2) is 20.7. The van der Waals surface area contributed by atoms with Crippen LogP contribution in [0.15, 0.2) is 24.3 Å². The van der Waals surface area contributed by atoms with Crippen LogP contribution in [0, 0.1) is 0 Å². The van der Waals surface area contributed by atoms with Gasteiger partial charge >= 0.3 is 0 Å². The van der Waals surface area contributed by atoms with Gasteiger partial charge in [0, 0.05) is 17.8 Å². The summed E-state index contributed by atoms with van der Waals surface area (Å²) in [6.45, 7) is 6.16. The van der Waals surface area contributed by atoms with Crippen molar-refractivity contribution in [1.29, 1.82) is 0 Å². The highest BCUT2D eigenvalue weighted by molar-refractivity contribution is 5.96. The Morgan fingerprint density at radius 1 is 0.636 bits per heavy atom. The molecule has 188 valence electrons. The van der Waals surface area contributed by atoms with Gasteiger partial charge in [-0.2, -0.15) is 0 Å². The summed E-state index contributed by atoms with van der Waals surface area (Å²) in [5.41, 5.74) is 1.32. The lowest BCUT2D eigenvalue weighted by Gasteiger charge is -2.08. The summed E-state index contributed by atoms with van der Waals surface area (Å²) in [6, 6.07) is 7.02. The average molecular weight is 460 g/mol. The van der Waals surface area contributed by atoms with E-state index < -0.39 is 0 Å². The van der Waals surface area contributed by atoms with Crippen LogP contribution in [-0.4, -0.2) is 31.4 Å². The molecular formula is C28H49N3O2. The van der Waals surface area contributed by atoms with E-state index in [4.69, 9.17) is 0 Å². The van der Waals surface area contributed by atoms with Crippen LogP contribution in [0.1, 0.15) is 121 Å². The first-order valence-electron chi connectivity index (χ1n) is 13.6. The van der Waals surface area contributed by atoms with Gasteiger partial charge in [0.25, 0.3) is 5.91 Å². The fourth-order valence-corrected chi connectivity index (χ4v) is 3.90. The largest absolute Gasteiger partial charge is 0.352 e. The van der Waals surface area contributed by atoms with Crippen molar-refractivity contribution in [1.82, 2.24) is 10.6 Å². The minimum atomic E-state index is -0.0791. The van der Waals surface area contributed by atoms with Gasteiger partial charge in [-0.1, -0.05) is 97.3 Å². The maximum atomic E-state index is 12.1. The highest BCUT2D eigenvalue weighted by Crippen LogP contribution is 2.13. The molecule has 1 aromatic rings. The lowest BCUT2D eigenvalue weighted by atomic mass is 10.0. The van der Waals surface area contributed by atoms with Crippen molar-refractivity contribution < 1.29 is 9.59 Å². The molecule has 0 saturated carbocycles. The summed E-state index contributed by atoms with van der Waals surface area (Å²) < 4.78 is 0. The quantitative estimate of drug-likeness (QED) is 0.176. The van der Waals surface area contributed by atoms with E-state index in [9.17, 15) is 9.59 Å². The third kappa shape index (κ3) is 16.4. The summed E-state index contributed by atoms with van der Waals surface area (Å²) in [5, 5.41) is 8.94. The van der Waals surface area contributed by atoms with Crippen molar-refractivity contribution in [3.8, 4) is 0 Å². The monoisotopic (exact) mass is 459 g/mol. The maximum Gasteiger partial charge on any atom is 0.251 e. The standard InChI is InChI=1S/C28H49N3O2/c1-3-5-6-7-8-9-10-11-12-13-14-15-16-17-23-29-24-27(32)31-26-20-18-25(19-21-26)28(33)30-22-4-2/h18-21,29H,3-17,22-24H2,1-2H3,(H,30,33)(H,31,32). The van der Waals surface area contributed by atoms with Crippen LogP contribution >= 0.6 is 0 Å². The molecule has 3 N–H and O–H groups in total. The van der Waals surface area contributed by atoms with Crippen LogP contribution < -0.4 is 16.0 Å². The van der Waals surface area contributed by atoms with E-state index in [1.165, 1.54) is 83.5 Å². The number of hydrogen-bond donors (Lipinski definition) is 3. The van der Waals surface area contributed by atoms with Crippen LogP contribution in [0.5, 0.6) is 0 Å². The predicted molar refractivity (Wildman–Crippen MR) is 141 cm³/mol. The van der Waals surface area contributed by atoms with Gasteiger partial charge in [-0.25, -0.2) is 0 Å². The SMILES string of the molecule is CCCCCCCCCCCCCCCCNCC(=O)Nc1ccc(C(=O)NCCC)cc1. The first-order valence-corrected chi connectivity index (χ1v) is 13.6. The number of hydrogen-bond acceptors (Lipinski definition) is 3. The number of unbranched alkanes of at least 4 members (excludes halogenated alkanes) is 13. The summed E-state index contributed by atoms with van der Waals surface area (Å²) in [5.74, 6) is -0.131. The molecular weight excluding hydrogens is 410 g/mol. The Hall–Kier alpha value is -1.88. The second-order valence-corrected chi connectivity index (χ2v) is 9.15. The number of carbonyl (C=O) groups is 2. The third-order valence-corrected chi connectivity index (χ3v) is 5.96. The van der Waals surface area contributed by atoms with Gasteiger partial charge in [0.1, 0.15) is 0 Å².